The monoisotopic (exact) mass is 249 g/mol. The van der Waals surface area contributed by atoms with E-state index in [4.69, 9.17) is 9.84 Å². The van der Waals surface area contributed by atoms with Crippen LogP contribution in [0.15, 0.2) is 24.3 Å². The second-order valence-corrected chi connectivity index (χ2v) is 4.78. The summed E-state index contributed by atoms with van der Waals surface area (Å²) in [5.74, 6) is -0.764. The van der Waals surface area contributed by atoms with Crippen LogP contribution >= 0.6 is 0 Å². The molecule has 1 aromatic rings. The standard InChI is InChI=1S/C14H19NO3/c1-11-2-4-12(5-3-11)9-15-6-7-18-10-13(15)8-14(16)17/h2-5,13H,6-10H2,1H3,(H,16,17). The first kappa shape index (κ1) is 13.1. The van der Waals surface area contributed by atoms with Gasteiger partial charge < -0.3 is 9.84 Å². The van der Waals surface area contributed by atoms with Crippen molar-refractivity contribution in [3.8, 4) is 0 Å². The molecule has 1 N–H and O–H groups in total. The Morgan fingerprint density at radius 2 is 2.17 bits per heavy atom. The maximum absolute atomic E-state index is 10.8. The Balaban J connectivity index is 2.00. The predicted octanol–water partition coefficient (Wildman–Crippen LogP) is 1.67. The van der Waals surface area contributed by atoms with Crippen LogP contribution in [0.2, 0.25) is 0 Å². The fourth-order valence-electron chi connectivity index (χ4n) is 2.21. The van der Waals surface area contributed by atoms with Crippen LogP contribution in [0, 0.1) is 6.92 Å². The third-order valence-electron chi connectivity index (χ3n) is 3.27. The van der Waals surface area contributed by atoms with E-state index in [2.05, 4.69) is 36.1 Å². The molecule has 1 aliphatic rings. The molecule has 1 unspecified atom stereocenters. The van der Waals surface area contributed by atoms with Gasteiger partial charge in [-0.3, -0.25) is 9.69 Å². The zero-order valence-electron chi connectivity index (χ0n) is 10.6. The summed E-state index contributed by atoms with van der Waals surface area (Å²) in [6.07, 6.45) is 0.145. The van der Waals surface area contributed by atoms with E-state index in [1.807, 2.05) is 0 Å². The molecule has 0 amide bonds. The van der Waals surface area contributed by atoms with Crippen molar-refractivity contribution in [1.29, 1.82) is 0 Å². The second-order valence-electron chi connectivity index (χ2n) is 4.78. The number of benzene rings is 1. The molecule has 0 bridgehead atoms. The lowest BCUT2D eigenvalue weighted by Gasteiger charge is -2.34. The maximum atomic E-state index is 10.8. The summed E-state index contributed by atoms with van der Waals surface area (Å²) in [7, 11) is 0. The lowest BCUT2D eigenvalue weighted by Crippen LogP contribution is -2.45. The quantitative estimate of drug-likeness (QED) is 0.882. The Labute approximate surface area is 107 Å². The Kier molecular flexibility index (Phi) is 4.33. The van der Waals surface area contributed by atoms with Crippen molar-refractivity contribution >= 4 is 5.97 Å². The van der Waals surface area contributed by atoms with Gasteiger partial charge in [-0.25, -0.2) is 0 Å². The van der Waals surface area contributed by atoms with E-state index in [9.17, 15) is 4.79 Å². The minimum atomic E-state index is -0.764. The molecule has 98 valence electrons. The van der Waals surface area contributed by atoms with E-state index < -0.39 is 5.97 Å². The van der Waals surface area contributed by atoms with E-state index in [-0.39, 0.29) is 12.5 Å². The molecule has 2 rings (SSSR count). The highest BCUT2D eigenvalue weighted by Crippen LogP contribution is 2.15. The van der Waals surface area contributed by atoms with Crippen molar-refractivity contribution in [2.75, 3.05) is 19.8 Å². The summed E-state index contributed by atoms with van der Waals surface area (Å²) in [6.45, 7) is 4.85. The third-order valence-corrected chi connectivity index (χ3v) is 3.27. The van der Waals surface area contributed by atoms with E-state index in [1.165, 1.54) is 11.1 Å². The smallest absolute Gasteiger partial charge is 0.305 e. The van der Waals surface area contributed by atoms with Crippen molar-refractivity contribution in [3.05, 3.63) is 35.4 Å². The van der Waals surface area contributed by atoms with Crippen molar-refractivity contribution < 1.29 is 14.6 Å². The van der Waals surface area contributed by atoms with Crippen LogP contribution in [0.5, 0.6) is 0 Å². The highest BCUT2D eigenvalue weighted by atomic mass is 16.5. The van der Waals surface area contributed by atoms with Crippen LogP contribution in [0.1, 0.15) is 17.5 Å². The van der Waals surface area contributed by atoms with E-state index >= 15 is 0 Å². The Hall–Kier alpha value is -1.39. The van der Waals surface area contributed by atoms with Gasteiger partial charge in [0.25, 0.3) is 0 Å². The lowest BCUT2D eigenvalue weighted by molar-refractivity contribution is -0.140. The molecule has 4 heteroatoms. The third kappa shape index (κ3) is 3.55. The average Bonchev–Trinajstić information content (AvgIpc) is 2.34. The van der Waals surface area contributed by atoms with Gasteiger partial charge in [0.1, 0.15) is 0 Å². The first-order valence-electron chi connectivity index (χ1n) is 6.24. The Morgan fingerprint density at radius 3 is 2.83 bits per heavy atom. The predicted molar refractivity (Wildman–Crippen MR) is 68.4 cm³/mol. The molecule has 1 saturated heterocycles. The number of aliphatic carboxylic acids is 1. The summed E-state index contributed by atoms with van der Waals surface area (Å²) in [4.78, 5) is 13.0. The summed E-state index contributed by atoms with van der Waals surface area (Å²) in [5, 5.41) is 8.90. The van der Waals surface area contributed by atoms with Gasteiger partial charge >= 0.3 is 5.97 Å². The highest BCUT2D eigenvalue weighted by Gasteiger charge is 2.25. The molecule has 0 aromatic heterocycles. The summed E-state index contributed by atoms with van der Waals surface area (Å²) >= 11 is 0. The van der Waals surface area contributed by atoms with Gasteiger partial charge in [0.2, 0.25) is 0 Å². The van der Waals surface area contributed by atoms with Crippen LogP contribution in [0.3, 0.4) is 0 Å². The molecule has 1 fully saturated rings. The number of hydrogen-bond acceptors (Lipinski definition) is 3. The SMILES string of the molecule is Cc1ccc(CN2CCOCC2CC(=O)O)cc1. The van der Waals surface area contributed by atoms with E-state index in [1.54, 1.807) is 0 Å². The van der Waals surface area contributed by atoms with Crippen molar-refractivity contribution in [3.63, 3.8) is 0 Å². The fourth-order valence-corrected chi connectivity index (χ4v) is 2.21. The minimum Gasteiger partial charge on any atom is -0.481 e. The maximum Gasteiger partial charge on any atom is 0.305 e. The van der Waals surface area contributed by atoms with Crippen LogP contribution in [0.25, 0.3) is 0 Å². The Morgan fingerprint density at radius 1 is 1.44 bits per heavy atom. The molecule has 0 radical (unpaired) electrons. The lowest BCUT2D eigenvalue weighted by atomic mass is 10.1. The highest BCUT2D eigenvalue weighted by molar-refractivity contribution is 5.67. The number of morpholine rings is 1. The molecule has 1 heterocycles. The molecular formula is C14H19NO3. The topological polar surface area (TPSA) is 49.8 Å². The number of carboxylic acids is 1. The summed E-state index contributed by atoms with van der Waals surface area (Å²) in [6, 6.07) is 8.35. The molecular weight excluding hydrogens is 230 g/mol. The van der Waals surface area contributed by atoms with Gasteiger partial charge in [-0.15, -0.1) is 0 Å². The van der Waals surface area contributed by atoms with Crippen LogP contribution in [-0.2, 0) is 16.1 Å². The van der Waals surface area contributed by atoms with Gasteiger partial charge in [0, 0.05) is 19.1 Å². The number of hydrogen-bond donors (Lipinski definition) is 1. The number of nitrogens with zero attached hydrogens (tertiary/aromatic N) is 1. The van der Waals surface area contributed by atoms with Crippen molar-refractivity contribution in [2.45, 2.75) is 25.9 Å². The number of ether oxygens (including phenoxy) is 1. The Bertz CT molecular complexity index is 402. The first-order chi connectivity index (χ1) is 8.65. The largest absolute Gasteiger partial charge is 0.481 e. The van der Waals surface area contributed by atoms with Crippen LogP contribution in [0.4, 0.5) is 0 Å². The summed E-state index contributed by atoms with van der Waals surface area (Å²) < 4.78 is 5.37. The molecule has 1 atom stereocenters. The number of carboxylic acid groups (broad SMARTS) is 1. The van der Waals surface area contributed by atoms with E-state index in [0.29, 0.717) is 13.2 Å². The summed E-state index contributed by atoms with van der Waals surface area (Å²) in [5.41, 5.74) is 2.46. The average molecular weight is 249 g/mol. The first-order valence-corrected chi connectivity index (χ1v) is 6.24. The van der Waals surface area contributed by atoms with Crippen LogP contribution in [-0.4, -0.2) is 41.8 Å². The molecule has 0 saturated carbocycles. The molecule has 4 nitrogen and oxygen atoms in total. The van der Waals surface area contributed by atoms with Gasteiger partial charge in [-0.05, 0) is 12.5 Å². The number of aryl methyl sites for hydroxylation is 1. The fraction of sp³-hybridized carbons (Fsp3) is 0.500. The zero-order chi connectivity index (χ0) is 13.0. The van der Waals surface area contributed by atoms with E-state index in [0.717, 1.165) is 13.1 Å². The zero-order valence-corrected chi connectivity index (χ0v) is 10.6. The molecule has 1 aliphatic heterocycles. The minimum absolute atomic E-state index is 0.0162. The van der Waals surface area contributed by atoms with Gasteiger partial charge in [-0.1, -0.05) is 29.8 Å². The molecule has 18 heavy (non-hydrogen) atoms. The number of rotatable bonds is 4. The van der Waals surface area contributed by atoms with Crippen molar-refractivity contribution in [1.82, 2.24) is 4.90 Å². The second kappa shape index (κ2) is 5.98. The van der Waals surface area contributed by atoms with Gasteiger partial charge in [-0.2, -0.15) is 0 Å². The molecule has 0 spiro atoms. The molecule has 0 aliphatic carbocycles. The van der Waals surface area contributed by atoms with Crippen LogP contribution < -0.4 is 0 Å². The van der Waals surface area contributed by atoms with Gasteiger partial charge in [0.05, 0.1) is 19.6 Å². The normalized spacial score (nSPS) is 20.8. The van der Waals surface area contributed by atoms with Gasteiger partial charge in [0.15, 0.2) is 0 Å². The molecule has 1 aromatic carbocycles. The van der Waals surface area contributed by atoms with Crippen molar-refractivity contribution in [2.24, 2.45) is 0 Å². The number of carbonyl (C=O) groups is 1.